The van der Waals surface area contributed by atoms with Crippen LogP contribution in [-0.2, 0) is 10.8 Å². The first kappa shape index (κ1) is 38.4. The van der Waals surface area contributed by atoms with Crippen LogP contribution in [0.15, 0.2) is 182 Å². The number of nitrogens with zero attached hydrogens (tertiary/aromatic N) is 4. The number of aromatic nitrogens is 1. The van der Waals surface area contributed by atoms with Gasteiger partial charge in [-0.15, -0.1) is 0 Å². The minimum absolute atomic E-state index is 0.00159. The van der Waals surface area contributed by atoms with E-state index < -0.39 is 0 Å². The molecule has 12 rings (SSSR count). The summed E-state index contributed by atoms with van der Waals surface area (Å²) in [5.41, 5.74) is 23.4. The molecule has 9 aromatic rings. The number of para-hydroxylation sites is 3. The number of fused-ring (bicyclic) bond motifs is 4. The van der Waals surface area contributed by atoms with Crippen molar-refractivity contribution in [2.75, 3.05) is 14.7 Å². The van der Waals surface area contributed by atoms with Crippen LogP contribution in [0, 0.1) is 6.92 Å². The highest BCUT2D eigenvalue weighted by Gasteiger charge is 2.52. The predicted octanol–water partition coefficient (Wildman–Crippen LogP) is 14.1. The Balaban J connectivity index is 1.24. The van der Waals surface area contributed by atoms with Crippen LogP contribution in [0.3, 0.4) is 0 Å². The Morgan fingerprint density at radius 1 is 0.469 bits per heavy atom. The molecule has 0 N–H and O–H groups in total. The van der Waals surface area contributed by atoms with Gasteiger partial charge in [0, 0.05) is 50.7 Å². The minimum atomic E-state index is -0.0435. The van der Waals surface area contributed by atoms with Crippen LogP contribution in [0.1, 0.15) is 58.2 Å². The van der Waals surface area contributed by atoms with Crippen LogP contribution in [0.2, 0.25) is 0 Å². The number of anilines is 9. The van der Waals surface area contributed by atoms with Crippen LogP contribution >= 0.6 is 0 Å². The number of rotatable bonds is 6. The van der Waals surface area contributed by atoms with E-state index in [-0.39, 0.29) is 17.5 Å². The van der Waals surface area contributed by atoms with Gasteiger partial charge in [0.15, 0.2) is 0 Å². The summed E-state index contributed by atoms with van der Waals surface area (Å²) in [5, 5.41) is 1.27. The van der Waals surface area contributed by atoms with Gasteiger partial charge in [0.25, 0.3) is 6.71 Å². The van der Waals surface area contributed by atoms with Crippen LogP contribution in [0.5, 0.6) is 0 Å². The molecule has 0 radical (unpaired) electrons. The summed E-state index contributed by atoms with van der Waals surface area (Å²) in [4.78, 5) is 7.69. The SMILES string of the molecule is Cc1cc2c3c(c1)N(c1ccc(C(C)(C)C)cc1)c1c4n(c5ccccc15)-c1ccc(N(c5ccccc5)c5ccccc5)c(c1B34)N2c1ccc(C(C)(C)C)cc1-c1ccccc1. The quantitative estimate of drug-likeness (QED) is 0.155. The van der Waals surface area contributed by atoms with Gasteiger partial charge in [0.1, 0.15) is 0 Å². The molecule has 8 aromatic carbocycles. The van der Waals surface area contributed by atoms with Crippen LogP contribution in [0.25, 0.3) is 27.7 Å². The lowest BCUT2D eigenvalue weighted by molar-refractivity contribution is 0.590. The highest BCUT2D eigenvalue weighted by Crippen LogP contribution is 2.55. The zero-order chi connectivity index (χ0) is 43.6. The fourth-order valence-electron chi connectivity index (χ4n) is 10.8. The van der Waals surface area contributed by atoms with Crippen LogP contribution < -0.4 is 31.2 Å². The number of aryl methyl sites for hydroxylation is 1. The van der Waals surface area contributed by atoms with Crippen molar-refractivity contribution in [3.8, 4) is 16.8 Å². The molecule has 0 amide bonds. The largest absolute Gasteiger partial charge is 0.320 e. The molecule has 0 unspecified atom stereocenters. The van der Waals surface area contributed by atoms with Gasteiger partial charge < -0.3 is 19.3 Å². The van der Waals surface area contributed by atoms with Gasteiger partial charge in [-0.25, -0.2) is 0 Å². The highest BCUT2D eigenvalue weighted by atomic mass is 15.3. The zero-order valence-electron chi connectivity index (χ0n) is 37.7. The van der Waals surface area contributed by atoms with E-state index in [0.717, 1.165) is 22.7 Å². The number of hydrogen-bond donors (Lipinski definition) is 0. The monoisotopic (exact) mass is 826 g/mol. The van der Waals surface area contributed by atoms with Crippen molar-refractivity contribution in [2.24, 2.45) is 0 Å². The van der Waals surface area contributed by atoms with Gasteiger partial charge in [0.2, 0.25) is 0 Å². The van der Waals surface area contributed by atoms with Crippen LogP contribution in [0.4, 0.5) is 51.2 Å². The van der Waals surface area contributed by atoms with Crippen molar-refractivity contribution in [2.45, 2.75) is 59.3 Å². The van der Waals surface area contributed by atoms with Crippen molar-refractivity contribution in [1.29, 1.82) is 0 Å². The molecule has 5 heteroatoms. The molecule has 0 atom stereocenters. The normalized spacial score (nSPS) is 13.5. The van der Waals surface area contributed by atoms with Gasteiger partial charge in [-0.1, -0.05) is 145 Å². The Morgan fingerprint density at radius 3 is 1.67 bits per heavy atom. The maximum absolute atomic E-state index is 2.64. The van der Waals surface area contributed by atoms with Gasteiger partial charge in [-0.05, 0) is 130 Å². The number of hydrogen-bond acceptors (Lipinski definition) is 3. The maximum atomic E-state index is 2.64. The lowest BCUT2D eigenvalue weighted by Gasteiger charge is -2.44. The van der Waals surface area contributed by atoms with Crippen LogP contribution in [-0.4, -0.2) is 11.3 Å². The Bertz CT molecular complexity index is 3260. The average Bonchev–Trinajstić information content (AvgIpc) is 3.82. The molecule has 4 nitrogen and oxygen atoms in total. The summed E-state index contributed by atoms with van der Waals surface area (Å²) in [6.07, 6.45) is 0. The second kappa shape index (κ2) is 13.9. The van der Waals surface area contributed by atoms with E-state index in [1.165, 1.54) is 89.4 Å². The molecule has 1 aromatic heterocycles. The molecule has 64 heavy (non-hydrogen) atoms. The smallest absolute Gasteiger partial charge is 0.276 e. The lowest BCUT2D eigenvalue weighted by atomic mass is 9.36. The van der Waals surface area contributed by atoms with Crippen molar-refractivity contribution in [3.05, 3.63) is 199 Å². The molecule has 310 valence electrons. The second-order valence-corrected chi connectivity index (χ2v) is 19.9. The molecular weight excluding hydrogens is 775 g/mol. The fourth-order valence-corrected chi connectivity index (χ4v) is 10.8. The molecule has 0 spiro atoms. The summed E-state index contributed by atoms with van der Waals surface area (Å²) in [7, 11) is 0. The molecule has 0 bridgehead atoms. The summed E-state index contributed by atoms with van der Waals surface area (Å²) < 4.78 is 2.60. The summed E-state index contributed by atoms with van der Waals surface area (Å²) in [6.45, 7) is 16.1. The third-order valence-electron chi connectivity index (χ3n) is 13.8. The average molecular weight is 827 g/mol. The first-order chi connectivity index (χ1) is 31.0. The number of benzene rings is 8. The molecule has 0 fully saturated rings. The van der Waals surface area contributed by atoms with E-state index in [2.05, 4.69) is 250 Å². The molecule has 0 aliphatic carbocycles. The van der Waals surface area contributed by atoms with E-state index in [0.29, 0.717) is 0 Å². The van der Waals surface area contributed by atoms with E-state index >= 15 is 0 Å². The van der Waals surface area contributed by atoms with Gasteiger partial charge >= 0.3 is 0 Å². The van der Waals surface area contributed by atoms with Gasteiger partial charge in [-0.3, -0.25) is 0 Å². The Morgan fingerprint density at radius 2 is 1.03 bits per heavy atom. The first-order valence-electron chi connectivity index (χ1n) is 22.7. The molecule has 4 heterocycles. The standard InChI is InChI=1S/C59H51BN4/c1-38-35-51-53-52(36-38)63(48-32-29-41(59(5,6)7)37-46(48)39-19-11-8-12-20-39)56-50(61(42-21-13-9-14-22-42)43-23-15-10-16-24-43)34-33-49-54(56)60(53)57-55(45-25-17-18-26-47(45)64(49)57)62(51)44-30-27-40(28-31-44)58(2,3)4/h8-37H,1-7H3. The van der Waals surface area contributed by atoms with Crippen molar-refractivity contribution >= 4 is 85.3 Å². The molecule has 0 saturated carbocycles. The molecular formula is C59H51BN4. The van der Waals surface area contributed by atoms with Crippen molar-refractivity contribution in [1.82, 2.24) is 4.57 Å². The third-order valence-corrected chi connectivity index (χ3v) is 13.8. The maximum Gasteiger partial charge on any atom is 0.276 e. The third kappa shape index (κ3) is 5.62. The molecule has 3 aliphatic rings. The van der Waals surface area contributed by atoms with Gasteiger partial charge in [0.05, 0.1) is 28.3 Å². The van der Waals surface area contributed by atoms with Crippen molar-refractivity contribution < 1.29 is 0 Å². The fraction of sp³-hybridized carbons (Fsp3) is 0.153. The van der Waals surface area contributed by atoms with E-state index in [4.69, 9.17) is 0 Å². The highest BCUT2D eigenvalue weighted by molar-refractivity contribution is 7.02. The Hall–Kier alpha value is -7.24. The Labute approximate surface area is 377 Å². The topological polar surface area (TPSA) is 14.7 Å². The molecule has 0 saturated heterocycles. The first-order valence-corrected chi connectivity index (χ1v) is 22.7. The van der Waals surface area contributed by atoms with Gasteiger partial charge in [-0.2, -0.15) is 0 Å². The summed E-state index contributed by atoms with van der Waals surface area (Å²) in [6, 6.07) is 68.1. The van der Waals surface area contributed by atoms with Crippen molar-refractivity contribution in [3.63, 3.8) is 0 Å². The Kier molecular flexibility index (Phi) is 8.34. The second-order valence-electron chi connectivity index (χ2n) is 19.9. The molecule has 3 aliphatic heterocycles. The summed E-state index contributed by atoms with van der Waals surface area (Å²) >= 11 is 0. The zero-order valence-corrected chi connectivity index (χ0v) is 37.7. The lowest BCUT2D eigenvalue weighted by Crippen LogP contribution is -2.59. The summed E-state index contributed by atoms with van der Waals surface area (Å²) in [5.74, 6) is 0. The van der Waals surface area contributed by atoms with E-state index in [1.807, 2.05) is 0 Å². The predicted molar refractivity (Wildman–Crippen MR) is 273 cm³/mol. The van der Waals surface area contributed by atoms with E-state index in [9.17, 15) is 0 Å². The van der Waals surface area contributed by atoms with E-state index in [1.54, 1.807) is 0 Å². The minimum Gasteiger partial charge on any atom is -0.320 e.